The highest BCUT2D eigenvalue weighted by atomic mass is 35.5. The Morgan fingerprint density at radius 1 is 1.00 bits per heavy atom. The summed E-state index contributed by atoms with van der Waals surface area (Å²) in [6.45, 7) is 8.90. The van der Waals surface area contributed by atoms with Crippen molar-refractivity contribution in [3.63, 3.8) is 0 Å². The summed E-state index contributed by atoms with van der Waals surface area (Å²) < 4.78 is 0. The number of fused-ring (bicyclic) bond motifs is 1. The Labute approximate surface area is 197 Å². The van der Waals surface area contributed by atoms with Crippen LogP contribution in [0.3, 0.4) is 0 Å². The quantitative estimate of drug-likeness (QED) is 0.585. The Hall–Kier alpha value is -2.42. The fraction of sp³-hybridized carbons (Fsp3) is 0.435. The van der Waals surface area contributed by atoms with E-state index in [0.717, 1.165) is 76.5 Å². The van der Waals surface area contributed by atoms with Gasteiger partial charge in [-0.15, -0.1) is 11.3 Å². The maximum Gasteiger partial charge on any atom is 0.264 e. The van der Waals surface area contributed by atoms with Gasteiger partial charge in [0.05, 0.1) is 10.3 Å². The molecule has 0 N–H and O–H groups in total. The Kier molecular flexibility index (Phi) is 5.92. The number of hydrogen-bond donors (Lipinski definition) is 0. The van der Waals surface area contributed by atoms with Crippen LogP contribution in [0, 0.1) is 6.92 Å². The van der Waals surface area contributed by atoms with Crippen molar-refractivity contribution in [2.45, 2.75) is 6.92 Å². The number of likely N-dealkylation sites (N-methyl/N-ethyl adjacent to an activating group) is 1. The van der Waals surface area contributed by atoms with Crippen LogP contribution in [0.15, 0.2) is 30.6 Å². The number of carbonyl (C=O) groups excluding carboxylic acids is 1. The number of aryl methyl sites for hydroxylation is 1. The molecule has 0 atom stereocenters. The lowest BCUT2D eigenvalue weighted by atomic mass is 10.1. The fourth-order valence-corrected chi connectivity index (χ4v) is 5.79. The van der Waals surface area contributed by atoms with Crippen LogP contribution in [-0.2, 0) is 0 Å². The summed E-state index contributed by atoms with van der Waals surface area (Å²) in [5.74, 6) is 1.06. The average molecular weight is 471 g/mol. The van der Waals surface area contributed by atoms with E-state index in [1.165, 1.54) is 11.3 Å². The largest absolute Gasteiger partial charge is 0.368 e. The van der Waals surface area contributed by atoms with Crippen molar-refractivity contribution in [1.29, 1.82) is 0 Å². The molecule has 2 saturated heterocycles. The highest BCUT2D eigenvalue weighted by molar-refractivity contribution is 7.20. The van der Waals surface area contributed by atoms with Crippen molar-refractivity contribution >= 4 is 50.6 Å². The van der Waals surface area contributed by atoms with Crippen LogP contribution in [-0.4, -0.2) is 85.1 Å². The van der Waals surface area contributed by atoms with Gasteiger partial charge in [-0.05, 0) is 37.7 Å². The van der Waals surface area contributed by atoms with Crippen molar-refractivity contribution < 1.29 is 4.79 Å². The molecule has 168 valence electrons. The number of aromatic nitrogens is 2. The first-order valence-electron chi connectivity index (χ1n) is 11.0. The molecule has 1 aromatic carbocycles. The molecule has 0 aliphatic carbocycles. The smallest absolute Gasteiger partial charge is 0.264 e. The van der Waals surface area contributed by atoms with E-state index >= 15 is 0 Å². The van der Waals surface area contributed by atoms with Gasteiger partial charge in [0.25, 0.3) is 5.91 Å². The summed E-state index contributed by atoms with van der Waals surface area (Å²) in [4.78, 5) is 33.1. The molecule has 2 aliphatic heterocycles. The molecule has 1 amide bonds. The van der Waals surface area contributed by atoms with E-state index in [9.17, 15) is 4.79 Å². The Balaban J connectivity index is 1.35. The summed E-state index contributed by atoms with van der Waals surface area (Å²) in [6, 6.07) is 7.90. The number of piperazine rings is 2. The molecule has 0 radical (unpaired) electrons. The molecular formula is C23H27ClN6OS. The van der Waals surface area contributed by atoms with Crippen LogP contribution in [0.5, 0.6) is 0 Å². The van der Waals surface area contributed by atoms with Crippen LogP contribution in [0.25, 0.3) is 10.2 Å². The maximum atomic E-state index is 13.4. The van der Waals surface area contributed by atoms with Gasteiger partial charge in [-0.3, -0.25) is 4.79 Å². The second-order valence-electron chi connectivity index (χ2n) is 8.48. The molecule has 0 bridgehead atoms. The molecule has 32 heavy (non-hydrogen) atoms. The predicted octanol–water partition coefficient (Wildman–Crippen LogP) is 3.37. The molecule has 0 saturated carbocycles. The van der Waals surface area contributed by atoms with E-state index in [1.54, 1.807) is 6.33 Å². The van der Waals surface area contributed by atoms with E-state index in [-0.39, 0.29) is 5.91 Å². The highest BCUT2D eigenvalue weighted by Crippen LogP contribution is 2.36. The van der Waals surface area contributed by atoms with Crippen molar-refractivity contribution in [2.75, 3.05) is 69.2 Å². The SMILES string of the molecule is Cc1c(C(=O)N2CCN(c3cccc(Cl)c3)CC2)sc2ncnc(N3CCN(C)CC3)c12. The molecule has 4 heterocycles. The standard InChI is InChI=1S/C23H27ClN6OS/c1-16-19-21(29-8-6-27(2)7-9-29)25-15-26-22(19)32-20(16)23(31)30-12-10-28(11-13-30)18-5-3-4-17(24)14-18/h3-5,14-15H,6-13H2,1-2H3. The van der Waals surface area contributed by atoms with Crippen LogP contribution in [0.4, 0.5) is 11.5 Å². The highest BCUT2D eigenvalue weighted by Gasteiger charge is 2.28. The molecule has 5 rings (SSSR count). The number of thiophene rings is 1. The van der Waals surface area contributed by atoms with E-state index in [4.69, 9.17) is 11.6 Å². The zero-order chi connectivity index (χ0) is 22.2. The van der Waals surface area contributed by atoms with E-state index < -0.39 is 0 Å². The minimum atomic E-state index is 0.0978. The summed E-state index contributed by atoms with van der Waals surface area (Å²) in [5.41, 5.74) is 2.11. The fourth-order valence-electron chi connectivity index (χ4n) is 4.50. The van der Waals surface area contributed by atoms with Crippen LogP contribution in [0.2, 0.25) is 5.02 Å². The minimum Gasteiger partial charge on any atom is -0.368 e. The van der Waals surface area contributed by atoms with Gasteiger partial charge in [0.1, 0.15) is 17.0 Å². The first kappa shape index (κ1) is 21.4. The zero-order valence-electron chi connectivity index (χ0n) is 18.4. The monoisotopic (exact) mass is 470 g/mol. The molecule has 0 spiro atoms. The second-order valence-corrected chi connectivity index (χ2v) is 9.92. The number of halogens is 1. The van der Waals surface area contributed by atoms with Crippen LogP contribution in [0.1, 0.15) is 15.2 Å². The number of hydrogen-bond acceptors (Lipinski definition) is 7. The number of benzene rings is 1. The van der Waals surface area contributed by atoms with Gasteiger partial charge in [0.15, 0.2) is 0 Å². The Morgan fingerprint density at radius 3 is 2.44 bits per heavy atom. The summed E-state index contributed by atoms with van der Waals surface area (Å²) in [5, 5.41) is 1.77. The third-order valence-corrected chi connectivity index (χ3v) is 7.87. The lowest BCUT2D eigenvalue weighted by Crippen LogP contribution is -2.48. The van der Waals surface area contributed by atoms with E-state index in [2.05, 4.69) is 37.8 Å². The molecule has 9 heteroatoms. The zero-order valence-corrected chi connectivity index (χ0v) is 20.0. The lowest BCUT2D eigenvalue weighted by molar-refractivity contribution is 0.0751. The molecule has 7 nitrogen and oxygen atoms in total. The lowest BCUT2D eigenvalue weighted by Gasteiger charge is -2.36. The maximum absolute atomic E-state index is 13.4. The third-order valence-electron chi connectivity index (χ3n) is 6.44. The number of amides is 1. The van der Waals surface area contributed by atoms with Gasteiger partial charge < -0.3 is 19.6 Å². The first-order chi connectivity index (χ1) is 15.5. The molecule has 2 aliphatic rings. The summed E-state index contributed by atoms with van der Waals surface area (Å²) in [7, 11) is 2.14. The van der Waals surface area contributed by atoms with Crippen LogP contribution >= 0.6 is 22.9 Å². The van der Waals surface area contributed by atoms with Gasteiger partial charge >= 0.3 is 0 Å². The van der Waals surface area contributed by atoms with Gasteiger partial charge in [0, 0.05) is 63.1 Å². The van der Waals surface area contributed by atoms with Crippen molar-refractivity contribution in [3.05, 3.63) is 46.1 Å². The van der Waals surface area contributed by atoms with Crippen molar-refractivity contribution in [3.8, 4) is 0 Å². The van der Waals surface area contributed by atoms with Crippen molar-refractivity contribution in [1.82, 2.24) is 19.8 Å². The average Bonchev–Trinajstić information content (AvgIpc) is 3.16. The number of rotatable bonds is 3. The Morgan fingerprint density at radius 2 is 1.72 bits per heavy atom. The predicted molar refractivity (Wildman–Crippen MR) is 131 cm³/mol. The molecule has 0 unspecified atom stereocenters. The number of carbonyl (C=O) groups is 1. The second kappa shape index (κ2) is 8.84. The number of anilines is 2. The molecule has 2 aromatic heterocycles. The minimum absolute atomic E-state index is 0.0978. The normalized spacial score (nSPS) is 17.9. The summed E-state index contributed by atoms with van der Waals surface area (Å²) in [6.07, 6.45) is 1.63. The van der Waals surface area contributed by atoms with Gasteiger partial charge in [-0.1, -0.05) is 17.7 Å². The van der Waals surface area contributed by atoms with Gasteiger partial charge in [-0.2, -0.15) is 0 Å². The molecule has 2 fully saturated rings. The molecule has 3 aromatic rings. The Bertz CT molecular complexity index is 1130. The summed E-state index contributed by atoms with van der Waals surface area (Å²) >= 11 is 7.64. The third kappa shape index (κ3) is 4.02. The molecular weight excluding hydrogens is 444 g/mol. The van der Waals surface area contributed by atoms with E-state index in [0.29, 0.717) is 13.1 Å². The number of nitrogens with zero attached hydrogens (tertiary/aromatic N) is 6. The topological polar surface area (TPSA) is 55.8 Å². The van der Waals surface area contributed by atoms with Crippen LogP contribution < -0.4 is 9.80 Å². The van der Waals surface area contributed by atoms with Crippen molar-refractivity contribution in [2.24, 2.45) is 0 Å². The van der Waals surface area contributed by atoms with Gasteiger partial charge in [0.2, 0.25) is 0 Å². The van der Waals surface area contributed by atoms with E-state index in [1.807, 2.05) is 30.0 Å². The first-order valence-corrected chi connectivity index (χ1v) is 12.2. The van der Waals surface area contributed by atoms with Gasteiger partial charge in [-0.25, -0.2) is 9.97 Å².